The predicted octanol–water partition coefficient (Wildman–Crippen LogP) is 5.38. The molecule has 172 valence electrons. The van der Waals surface area contributed by atoms with Gasteiger partial charge in [-0.3, -0.25) is 4.79 Å². The molecule has 2 rings (SSSR count). The monoisotopic (exact) mass is 458 g/mol. The zero-order chi connectivity index (χ0) is 23.7. The molecule has 0 spiro atoms. The first-order chi connectivity index (χ1) is 15.2. The van der Waals surface area contributed by atoms with Crippen LogP contribution < -0.4 is 14.8 Å². The van der Waals surface area contributed by atoms with Crippen LogP contribution in [0.15, 0.2) is 43.0 Å². The number of thiol groups is 1. The first-order valence-electron chi connectivity index (χ1n) is 10.3. The van der Waals surface area contributed by atoms with Gasteiger partial charge in [0.1, 0.15) is 18.2 Å². The van der Waals surface area contributed by atoms with Gasteiger partial charge in [-0.2, -0.15) is 0 Å². The van der Waals surface area contributed by atoms with Gasteiger partial charge in [-0.05, 0) is 40.8 Å². The number of amides is 1. The number of hydrogen-bond donors (Lipinski definition) is 3. The van der Waals surface area contributed by atoms with Gasteiger partial charge < -0.3 is 19.5 Å². The number of halogens is 1. The van der Waals surface area contributed by atoms with Crippen LogP contribution in [0.3, 0.4) is 0 Å². The van der Waals surface area contributed by atoms with Gasteiger partial charge in [-0.1, -0.05) is 58.4 Å². The number of ether oxygens (including phenoxy) is 2. The number of anilines is 1. The Hall–Kier alpha value is -2.77. The van der Waals surface area contributed by atoms with Crippen LogP contribution in [0, 0.1) is 5.82 Å². The lowest BCUT2D eigenvalue weighted by Crippen LogP contribution is -2.20. The molecule has 0 aromatic heterocycles. The Morgan fingerprint density at radius 3 is 2.56 bits per heavy atom. The highest BCUT2D eigenvalue weighted by atomic mass is 32.1. The van der Waals surface area contributed by atoms with Crippen LogP contribution in [0.1, 0.15) is 43.0 Å². The number of carbonyl (C=O) groups is 1. The maximum absolute atomic E-state index is 14.2. The average Bonchev–Trinajstić information content (AvgIpc) is 2.75. The summed E-state index contributed by atoms with van der Waals surface area (Å²) in [4.78, 5) is 12.4. The fraction of sp³-hybridized carbons (Fsp3) is 0.320. The molecule has 0 saturated heterocycles. The Labute approximate surface area is 195 Å². The van der Waals surface area contributed by atoms with Gasteiger partial charge in [0.2, 0.25) is 5.91 Å². The minimum atomic E-state index is -0.464. The first kappa shape index (κ1) is 25.5. The van der Waals surface area contributed by atoms with Gasteiger partial charge in [0, 0.05) is 30.9 Å². The van der Waals surface area contributed by atoms with Crippen molar-refractivity contribution in [3.05, 3.63) is 71.1 Å². The summed E-state index contributed by atoms with van der Waals surface area (Å²) in [6, 6.07) is 9.04. The van der Waals surface area contributed by atoms with Crippen LogP contribution in [-0.4, -0.2) is 26.2 Å². The molecule has 0 heterocycles. The molecule has 0 atom stereocenters. The summed E-state index contributed by atoms with van der Waals surface area (Å²) in [6.07, 6.45) is 4.66. The lowest BCUT2D eigenvalue weighted by molar-refractivity contribution is -0.116. The third-order valence-corrected chi connectivity index (χ3v) is 5.04. The standard InChI is InChI=1S/C25H31FN2O3S/c1-6-18-13-17(14-21(26)24(18)28-32)16-27-23(29)10-8-19-7-9-20(25(2,3)4)15-22(19)31-12-11-30-5/h6-10,13-15,28,32H,1,11-12,16H2,2-5H3,(H,27,29)/b10-8+. The molecule has 0 aliphatic rings. The van der Waals surface area contributed by atoms with Crippen molar-refractivity contribution >= 4 is 36.6 Å². The van der Waals surface area contributed by atoms with E-state index in [9.17, 15) is 9.18 Å². The third-order valence-electron chi connectivity index (χ3n) is 4.82. The van der Waals surface area contributed by atoms with E-state index in [2.05, 4.69) is 50.2 Å². The Balaban J connectivity index is 2.12. The highest BCUT2D eigenvalue weighted by molar-refractivity contribution is 7.81. The number of benzene rings is 2. The lowest BCUT2D eigenvalue weighted by Gasteiger charge is -2.21. The Morgan fingerprint density at radius 1 is 1.19 bits per heavy atom. The van der Waals surface area contributed by atoms with E-state index in [0.29, 0.717) is 30.1 Å². The molecule has 0 saturated carbocycles. The highest BCUT2D eigenvalue weighted by Crippen LogP contribution is 2.29. The van der Waals surface area contributed by atoms with E-state index in [1.165, 1.54) is 18.2 Å². The number of rotatable bonds is 10. The van der Waals surface area contributed by atoms with Crippen molar-refractivity contribution < 1.29 is 18.7 Å². The predicted molar refractivity (Wildman–Crippen MR) is 132 cm³/mol. The summed E-state index contributed by atoms with van der Waals surface area (Å²) < 4.78 is 27.6. The molecule has 2 aromatic carbocycles. The summed E-state index contributed by atoms with van der Waals surface area (Å²) in [6.45, 7) is 11.1. The van der Waals surface area contributed by atoms with Gasteiger partial charge in [0.15, 0.2) is 0 Å². The topological polar surface area (TPSA) is 59.6 Å². The average molecular weight is 459 g/mol. The van der Waals surface area contributed by atoms with E-state index in [0.717, 1.165) is 11.1 Å². The van der Waals surface area contributed by atoms with Crippen molar-refractivity contribution in [2.45, 2.75) is 32.7 Å². The second-order valence-electron chi connectivity index (χ2n) is 8.25. The minimum absolute atomic E-state index is 0.0312. The van der Waals surface area contributed by atoms with Crippen molar-refractivity contribution in [1.82, 2.24) is 5.32 Å². The fourth-order valence-corrected chi connectivity index (χ4v) is 3.22. The second-order valence-corrected chi connectivity index (χ2v) is 8.48. The molecule has 7 heteroatoms. The maximum atomic E-state index is 14.2. The molecule has 1 amide bonds. The summed E-state index contributed by atoms with van der Waals surface area (Å²) >= 11 is 3.91. The molecule has 0 bridgehead atoms. The molecule has 0 radical (unpaired) electrons. The van der Waals surface area contributed by atoms with Gasteiger partial charge in [0.05, 0.1) is 12.3 Å². The molecule has 2 aromatic rings. The van der Waals surface area contributed by atoms with Crippen LogP contribution in [0.4, 0.5) is 10.1 Å². The zero-order valence-electron chi connectivity index (χ0n) is 19.0. The summed E-state index contributed by atoms with van der Waals surface area (Å²) in [5.74, 6) is -0.0789. The summed E-state index contributed by atoms with van der Waals surface area (Å²) in [5.41, 5.74) is 3.31. The highest BCUT2D eigenvalue weighted by Gasteiger charge is 2.16. The quantitative estimate of drug-likeness (QED) is 0.254. The number of hydrogen-bond acceptors (Lipinski definition) is 5. The SMILES string of the molecule is C=Cc1cc(CNC(=O)/C=C/c2ccc(C(C)(C)C)cc2OCCOC)cc(F)c1NS. The second kappa shape index (κ2) is 11.7. The van der Waals surface area contributed by atoms with E-state index in [4.69, 9.17) is 9.47 Å². The van der Waals surface area contributed by atoms with E-state index in [1.807, 2.05) is 18.2 Å². The molecule has 32 heavy (non-hydrogen) atoms. The van der Waals surface area contributed by atoms with Crippen molar-refractivity contribution in [3.8, 4) is 5.75 Å². The largest absolute Gasteiger partial charge is 0.491 e. The molecular formula is C25H31FN2O3S. The van der Waals surface area contributed by atoms with Crippen molar-refractivity contribution in [3.63, 3.8) is 0 Å². The molecular weight excluding hydrogens is 427 g/mol. The van der Waals surface area contributed by atoms with E-state index >= 15 is 0 Å². The van der Waals surface area contributed by atoms with E-state index < -0.39 is 5.82 Å². The van der Waals surface area contributed by atoms with Gasteiger partial charge >= 0.3 is 0 Å². The van der Waals surface area contributed by atoms with Crippen molar-refractivity contribution in [2.75, 3.05) is 25.0 Å². The van der Waals surface area contributed by atoms with Crippen LogP contribution in [0.2, 0.25) is 0 Å². The zero-order valence-corrected chi connectivity index (χ0v) is 19.9. The van der Waals surface area contributed by atoms with Crippen LogP contribution in [-0.2, 0) is 21.5 Å². The molecule has 5 nitrogen and oxygen atoms in total. The normalized spacial score (nSPS) is 11.4. The van der Waals surface area contributed by atoms with Crippen molar-refractivity contribution in [2.24, 2.45) is 0 Å². The van der Waals surface area contributed by atoms with Crippen LogP contribution >= 0.6 is 12.8 Å². The molecule has 0 unspecified atom stereocenters. The number of methoxy groups -OCH3 is 1. The summed E-state index contributed by atoms with van der Waals surface area (Å²) in [5, 5.41) is 2.77. The Kier molecular flexibility index (Phi) is 9.35. The number of carbonyl (C=O) groups excluding carboxylic acids is 1. The lowest BCUT2D eigenvalue weighted by atomic mass is 9.86. The van der Waals surface area contributed by atoms with Gasteiger partial charge in [0.25, 0.3) is 0 Å². The third kappa shape index (κ3) is 7.14. The Morgan fingerprint density at radius 2 is 1.94 bits per heavy atom. The summed E-state index contributed by atoms with van der Waals surface area (Å²) in [7, 11) is 1.62. The number of nitrogens with one attached hydrogen (secondary N) is 2. The first-order valence-corrected chi connectivity index (χ1v) is 10.7. The molecule has 2 N–H and O–H groups in total. The van der Waals surface area contributed by atoms with Crippen LogP contribution in [0.25, 0.3) is 12.2 Å². The van der Waals surface area contributed by atoms with E-state index in [-0.39, 0.29) is 23.6 Å². The smallest absolute Gasteiger partial charge is 0.244 e. The van der Waals surface area contributed by atoms with E-state index in [1.54, 1.807) is 19.3 Å². The minimum Gasteiger partial charge on any atom is -0.491 e. The molecule has 0 aliphatic carbocycles. The molecule has 0 aliphatic heterocycles. The maximum Gasteiger partial charge on any atom is 0.244 e. The van der Waals surface area contributed by atoms with Gasteiger partial charge in [-0.25, -0.2) is 4.39 Å². The Bertz CT molecular complexity index is 984. The fourth-order valence-electron chi connectivity index (χ4n) is 2.98. The molecule has 0 fully saturated rings. The van der Waals surface area contributed by atoms with Crippen molar-refractivity contribution in [1.29, 1.82) is 0 Å². The van der Waals surface area contributed by atoms with Gasteiger partial charge in [-0.15, -0.1) is 0 Å². The van der Waals surface area contributed by atoms with Crippen LogP contribution in [0.5, 0.6) is 5.75 Å².